The summed E-state index contributed by atoms with van der Waals surface area (Å²) in [5, 5.41) is 2.99. The second-order valence-corrected chi connectivity index (χ2v) is 6.01. The Kier molecular flexibility index (Phi) is 7.56. The lowest BCUT2D eigenvalue weighted by Gasteiger charge is -2.17. The zero-order valence-electron chi connectivity index (χ0n) is 13.2. The van der Waals surface area contributed by atoms with Crippen LogP contribution in [-0.2, 0) is 9.59 Å². The molecular formula is C17H29NO2. The first-order valence-electron chi connectivity index (χ1n) is 8.02. The fourth-order valence-corrected chi connectivity index (χ4v) is 2.70. The molecule has 0 spiro atoms. The van der Waals surface area contributed by atoms with E-state index in [9.17, 15) is 9.59 Å². The van der Waals surface area contributed by atoms with Crippen molar-refractivity contribution in [3.63, 3.8) is 0 Å². The highest BCUT2D eigenvalue weighted by Gasteiger charge is 2.34. The second-order valence-electron chi connectivity index (χ2n) is 6.01. The number of carbonyl (C=O) groups is 2. The average Bonchev–Trinajstić information content (AvgIpc) is 2.77. The van der Waals surface area contributed by atoms with Gasteiger partial charge in [0.1, 0.15) is 5.78 Å². The number of Topliss-reactive ketones (excluding diaryl/α,β-unsaturated/α-hetero) is 1. The summed E-state index contributed by atoms with van der Waals surface area (Å²) in [5.74, 6) is 1.26. The van der Waals surface area contributed by atoms with Gasteiger partial charge in [0.05, 0.1) is 0 Å². The minimum absolute atomic E-state index is 0.0622. The van der Waals surface area contributed by atoms with Crippen molar-refractivity contribution in [2.45, 2.75) is 59.3 Å². The largest absolute Gasteiger partial charge is 0.356 e. The van der Waals surface area contributed by atoms with Crippen LogP contribution in [-0.4, -0.2) is 18.2 Å². The molecule has 0 aliphatic heterocycles. The lowest BCUT2D eigenvalue weighted by atomic mass is 9.89. The molecule has 0 aromatic carbocycles. The Labute approximate surface area is 123 Å². The predicted molar refractivity (Wildman–Crippen MR) is 82.4 cm³/mol. The molecule has 0 bridgehead atoms. The molecule has 3 nitrogen and oxygen atoms in total. The molecule has 1 aliphatic rings. The van der Waals surface area contributed by atoms with Crippen molar-refractivity contribution < 1.29 is 9.59 Å². The van der Waals surface area contributed by atoms with Gasteiger partial charge in [-0.25, -0.2) is 0 Å². The Hall–Kier alpha value is -1.12. The van der Waals surface area contributed by atoms with Gasteiger partial charge in [0.25, 0.3) is 0 Å². The molecule has 1 aliphatic carbocycles. The molecule has 1 saturated carbocycles. The van der Waals surface area contributed by atoms with Gasteiger partial charge in [-0.05, 0) is 31.1 Å². The van der Waals surface area contributed by atoms with Crippen LogP contribution in [0.25, 0.3) is 0 Å². The highest BCUT2D eigenvalue weighted by Crippen LogP contribution is 2.34. The number of carbonyl (C=O) groups excluding carboxylic acids is 2. The van der Waals surface area contributed by atoms with Gasteiger partial charge in [0, 0.05) is 25.3 Å². The maximum absolute atomic E-state index is 12.0. The standard InChI is InChI=1S/C17H29NO2/c1-4-6-7-8-15-14(9-10-16(15)19)11-17(20)18-12-13(3)5-2/h6-7,13-15H,4-5,8-12H2,1-3H3,(H,18,20)/b7-6-/t13-,14-,15-/m0/s1. The van der Waals surface area contributed by atoms with E-state index >= 15 is 0 Å². The van der Waals surface area contributed by atoms with Crippen LogP contribution in [0.2, 0.25) is 0 Å². The Balaban J connectivity index is 2.42. The van der Waals surface area contributed by atoms with Crippen LogP contribution in [0.15, 0.2) is 12.2 Å². The molecule has 3 heteroatoms. The molecule has 0 saturated heterocycles. The summed E-state index contributed by atoms with van der Waals surface area (Å²) in [5.41, 5.74) is 0. The van der Waals surface area contributed by atoms with Crippen molar-refractivity contribution in [1.29, 1.82) is 0 Å². The smallest absolute Gasteiger partial charge is 0.220 e. The van der Waals surface area contributed by atoms with Crippen molar-refractivity contribution in [3.05, 3.63) is 12.2 Å². The van der Waals surface area contributed by atoms with Gasteiger partial charge in [0.15, 0.2) is 0 Å². The van der Waals surface area contributed by atoms with Gasteiger partial charge < -0.3 is 5.32 Å². The number of nitrogens with one attached hydrogen (secondary N) is 1. The van der Waals surface area contributed by atoms with Crippen molar-refractivity contribution in [2.24, 2.45) is 17.8 Å². The molecule has 20 heavy (non-hydrogen) atoms. The highest BCUT2D eigenvalue weighted by atomic mass is 16.1. The lowest BCUT2D eigenvalue weighted by molar-refractivity contribution is -0.123. The number of amides is 1. The topological polar surface area (TPSA) is 46.2 Å². The molecule has 0 radical (unpaired) electrons. The van der Waals surface area contributed by atoms with Crippen molar-refractivity contribution in [3.8, 4) is 0 Å². The molecule has 1 rings (SSSR count). The van der Waals surface area contributed by atoms with E-state index in [2.05, 4.69) is 38.2 Å². The molecule has 0 unspecified atom stereocenters. The van der Waals surface area contributed by atoms with Crippen LogP contribution < -0.4 is 5.32 Å². The fourth-order valence-electron chi connectivity index (χ4n) is 2.70. The summed E-state index contributed by atoms with van der Waals surface area (Å²) in [6.07, 6.45) is 9.11. The highest BCUT2D eigenvalue weighted by molar-refractivity contribution is 5.85. The Bertz CT molecular complexity index is 349. The molecule has 0 aromatic rings. The van der Waals surface area contributed by atoms with Crippen LogP contribution in [0.3, 0.4) is 0 Å². The first kappa shape index (κ1) is 16.9. The van der Waals surface area contributed by atoms with Crippen LogP contribution in [0.1, 0.15) is 59.3 Å². The number of rotatable bonds is 8. The number of hydrogen-bond acceptors (Lipinski definition) is 2. The van der Waals surface area contributed by atoms with Gasteiger partial charge in [-0.15, -0.1) is 0 Å². The summed E-state index contributed by atoms with van der Waals surface area (Å²) in [4.78, 5) is 23.9. The van der Waals surface area contributed by atoms with E-state index in [-0.39, 0.29) is 17.7 Å². The van der Waals surface area contributed by atoms with Gasteiger partial charge in [0.2, 0.25) is 5.91 Å². The lowest BCUT2D eigenvalue weighted by Crippen LogP contribution is -2.30. The van der Waals surface area contributed by atoms with Crippen molar-refractivity contribution in [2.75, 3.05) is 6.54 Å². The van der Waals surface area contributed by atoms with Gasteiger partial charge in [-0.2, -0.15) is 0 Å². The Morgan fingerprint density at radius 1 is 1.40 bits per heavy atom. The van der Waals surface area contributed by atoms with E-state index < -0.39 is 0 Å². The maximum Gasteiger partial charge on any atom is 0.220 e. The molecule has 114 valence electrons. The van der Waals surface area contributed by atoms with Gasteiger partial charge >= 0.3 is 0 Å². The summed E-state index contributed by atoms with van der Waals surface area (Å²) in [6, 6.07) is 0. The first-order chi connectivity index (χ1) is 9.58. The van der Waals surface area contributed by atoms with Crippen LogP contribution >= 0.6 is 0 Å². The van der Waals surface area contributed by atoms with Crippen molar-refractivity contribution in [1.82, 2.24) is 5.32 Å². The normalized spacial score (nSPS) is 24.2. The number of allylic oxidation sites excluding steroid dienone is 2. The third-order valence-electron chi connectivity index (χ3n) is 4.33. The molecule has 3 atom stereocenters. The molecular weight excluding hydrogens is 250 g/mol. The zero-order valence-corrected chi connectivity index (χ0v) is 13.2. The van der Waals surface area contributed by atoms with E-state index in [0.29, 0.717) is 24.5 Å². The molecule has 0 aromatic heterocycles. The molecule has 1 fully saturated rings. The minimum Gasteiger partial charge on any atom is -0.356 e. The summed E-state index contributed by atoms with van der Waals surface area (Å²) < 4.78 is 0. The summed E-state index contributed by atoms with van der Waals surface area (Å²) in [7, 11) is 0. The monoisotopic (exact) mass is 279 g/mol. The fraction of sp³-hybridized carbons (Fsp3) is 0.765. The average molecular weight is 279 g/mol. The summed E-state index contributed by atoms with van der Waals surface area (Å²) >= 11 is 0. The minimum atomic E-state index is 0.0622. The van der Waals surface area contributed by atoms with Gasteiger partial charge in [-0.3, -0.25) is 9.59 Å². The van der Waals surface area contributed by atoms with Crippen LogP contribution in [0, 0.1) is 17.8 Å². The first-order valence-corrected chi connectivity index (χ1v) is 8.02. The Morgan fingerprint density at radius 2 is 2.15 bits per heavy atom. The number of hydrogen-bond donors (Lipinski definition) is 1. The van der Waals surface area contributed by atoms with E-state index in [4.69, 9.17) is 0 Å². The second kappa shape index (κ2) is 8.93. The number of ketones is 1. The van der Waals surface area contributed by atoms with Crippen LogP contribution in [0.5, 0.6) is 0 Å². The van der Waals surface area contributed by atoms with E-state index in [1.54, 1.807) is 0 Å². The van der Waals surface area contributed by atoms with Crippen LogP contribution in [0.4, 0.5) is 0 Å². The molecule has 0 heterocycles. The maximum atomic E-state index is 12.0. The molecule has 1 N–H and O–H groups in total. The van der Waals surface area contributed by atoms with E-state index in [1.165, 1.54) is 0 Å². The zero-order chi connectivity index (χ0) is 15.0. The SMILES string of the molecule is CC/C=C\C[C@@H]1C(=O)CC[C@H]1CC(=O)NC[C@@H](C)CC. The summed E-state index contributed by atoms with van der Waals surface area (Å²) in [6.45, 7) is 7.10. The van der Waals surface area contributed by atoms with E-state index in [0.717, 1.165) is 32.2 Å². The Morgan fingerprint density at radius 3 is 2.80 bits per heavy atom. The van der Waals surface area contributed by atoms with Gasteiger partial charge in [-0.1, -0.05) is 39.3 Å². The quantitative estimate of drug-likeness (QED) is 0.691. The molecule has 1 amide bonds. The van der Waals surface area contributed by atoms with E-state index in [1.807, 2.05) is 0 Å². The van der Waals surface area contributed by atoms with Crippen molar-refractivity contribution >= 4 is 11.7 Å². The third-order valence-corrected chi connectivity index (χ3v) is 4.33. The predicted octanol–water partition coefficient (Wildman–Crippen LogP) is 3.49. The third kappa shape index (κ3) is 5.48.